The Bertz CT molecular complexity index is 1290. The Morgan fingerprint density at radius 2 is 1.81 bits per heavy atom. The number of para-hydroxylation sites is 1. The maximum absolute atomic E-state index is 14.0. The predicted molar refractivity (Wildman–Crippen MR) is 147 cm³/mol. The molecule has 2 aliphatic rings. The minimum Gasteiger partial charge on any atom is -0.625 e. The Morgan fingerprint density at radius 3 is 2.54 bits per heavy atom. The number of benzene rings is 2. The molecule has 1 saturated heterocycles. The number of amides is 2. The van der Waals surface area contributed by atoms with E-state index in [2.05, 4.69) is 27.8 Å². The Labute approximate surface area is 223 Å². The summed E-state index contributed by atoms with van der Waals surface area (Å²) in [6, 6.07) is 15.2. The van der Waals surface area contributed by atoms with Crippen LogP contribution < -0.4 is 16.4 Å². The van der Waals surface area contributed by atoms with Gasteiger partial charge < -0.3 is 26.6 Å². The molecule has 0 unspecified atom stereocenters. The summed E-state index contributed by atoms with van der Waals surface area (Å²) in [5, 5.41) is 21.3. The van der Waals surface area contributed by atoms with E-state index in [1.165, 1.54) is 11.1 Å². The van der Waals surface area contributed by atoms with E-state index in [4.69, 9.17) is 5.73 Å². The van der Waals surface area contributed by atoms with Crippen LogP contribution in [-0.4, -0.2) is 52.7 Å². The first-order valence-electron chi connectivity index (χ1n) is 12.7. The van der Waals surface area contributed by atoms with E-state index < -0.39 is 28.0 Å². The maximum atomic E-state index is 14.0. The van der Waals surface area contributed by atoms with Crippen LogP contribution in [0.3, 0.4) is 0 Å². The van der Waals surface area contributed by atoms with Crippen molar-refractivity contribution in [2.24, 2.45) is 5.73 Å². The van der Waals surface area contributed by atoms with Gasteiger partial charge >= 0.3 is 5.91 Å². The van der Waals surface area contributed by atoms with E-state index in [1.54, 1.807) is 13.8 Å². The standard InChI is InChI=1S/C28H35N5O3.ClH/c1-27(2,29)26(35)32-24(15-20-17-31-23-10-6-4-8-21(20)23)25(34)33(36)13-11-28(12-14-33)18-30-16-19-7-3-5-9-22(19)28;/h3-10,17,24,30-31H,11-16,18,29H2,1-2H3,(H,32,35);1H/t24-,28?,33?;/m1./s1. The first-order chi connectivity index (χ1) is 17.1. The van der Waals surface area contributed by atoms with E-state index in [0.29, 0.717) is 12.8 Å². The molecule has 0 aliphatic carbocycles. The van der Waals surface area contributed by atoms with E-state index in [-0.39, 0.29) is 37.3 Å². The van der Waals surface area contributed by atoms with E-state index in [0.717, 1.165) is 29.6 Å². The molecule has 1 spiro atoms. The summed E-state index contributed by atoms with van der Waals surface area (Å²) in [4.78, 5) is 29.9. The monoisotopic (exact) mass is 525 g/mol. The zero-order valence-electron chi connectivity index (χ0n) is 21.4. The molecular weight excluding hydrogens is 490 g/mol. The summed E-state index contributed by atoms with van der Waals surface area (Å²) < 4.78 is -0.942. The maximum Gasteiger partial charge on any atom is 0.336 e. The fraction of sp³-hybridized carbons (Fsp3) is 0.429. The first-order valence-corrected chi connectivity index (χ1v) is 12.7. The van der Waals surface area contributed by atoms with E-state index in [9.17, 15) is 14.8 Å². The predicted octanol–water partition coefficient (Wildman–Crippen LogP) is 3.03. The summed E-state index contributed by atoms with van der Waals surface area (Å²) in [7, 11) is 0. The number of quaternary nitrogens is 1. The lowest BCUT2D eigenvalue weighted by atomic mass is 9.69. The number of rotatable bonds is 5. The number of nitrogens with one attached hydrogen (secondary N) is 3. The van der Waals surface area contributed by atoms with Crippen LogP contribution in [0.2, 0.25) is 0 Å². The van der Waals surface area contributed by atoms with Gasteiger partial charge in [-0.15, -0.1) is 12.4 Å². The molecule has 5 N–H and O–H groups in total. The summed E-state index contributed by atoms with van der Waals surface area (Å²) >= 11 is 0. The molecule has 3 aromatic rings. The molecule has 3 heterocycles. The van der Waals surface area contributed by atoms with Gasteiger partial charge in [0.2, 0.25) is 5.91 Å². The van der Waals surface area contributed by atoms with Crippen molar-refractivity contribution in [2.75, 3.05) is 19.6 Å². The number of nitrogens with two attached hydrogens (primary N) is 1. The molecule has 2 aromatic carbocycles. The second-order valence-electron chi connectivity index (χ2n) is 11.0. The van der Waals surface area contributed by atoms with Crippen molar-refractivity contribution in [3.05, 3.63) is 76.6 Å². The first kappa shape index (κ1) is 27.3. The third kappa shape index (κ3) is 5.17. The molecule has 8 nitrogen and oxygen atoms in total. The van der Waals surface area contributed by atoms with E-state index in [1.807, 2.05) is 42.6 Å². The Hall–Kier alpha value is -2.75. The fourth-order valence-corrected chi connectivity index (χ4v) is 5.76. The summed E-state index contributed by atoms with van der Waals surface area (Å²) in [5.74, 6) is -0.962. The molecule has 5 rings (SSSR count). The SMILES string of the molecule is CC(C)(N)C(=O)N[C@H](Cc1c[nH]c2ccccc12)C(=O)[N+]1([O-])CCC2(CC1)CNCc1ccccc12.Cl. The van der Waals surface area contributed by atoms with Gasteiger partial charge in [0, 0.05) is 54.9 Å². The third-order valence-electron chi connectivity index (χ3n) is 7.96. The second kappa shape index (κ2) is 10.2. The normalized spacial score (nSPS) is 24.2. The van der Waals surface area contributed by atoms with Gasteiger partial charge in [0.15, 0.2) is 0 Å². The fourth-order valence-electron chi connectivity index (χ4n) is 5.76. The number of hydrogen-bond acceptors (Lipinski definition) is 5. The van der Waals surface area contributed by atoms with Crippen molar-refractivity contribution in [2.45, 2.75) is 56.7 Å². The zero-order valence-corrected chi connectivity index (χ0v) is 22.2. The van der Waals surface area contributed by atoms with E-state index >= 15 is 0 Å². The number of halogens is 1. The summed E-state index contributed by atoms with van der Waals surface area (Å²) in [5.41, 5.74) is 9.08. The number of H-pyrrole nitrogens is 1. The third-order valence-corrected chi connectivity index (χ3v) is 7.96. The lowest BCUT2D eigenvalue weighted by Gasteiger charge is -2.52. The molecule has 0 radical (unpaired) electrons. The van der Waals surface area contributed by atoms with Crippen LogP contribution in [0.25, 0.3) is 10.9 Å². The van der Waals surface area contributed by atoms with Crippen molar-refractivity contribution in [3.8, 4) is 0 Å². The number of carbonyl (C=O) groups is 2. The second-order valence-corrected chi connectivity index (χ2v) is 11.0. The van der Waals surface area contributed by atoms with Crippen molar-refractivity contribution in [1.82, 2.24) is 15.6 Å². The average Bonchev–Trinajstić information content (AvgIpc) is 3.27. The molecular formula is C28H36ClN5O3. The highest BCUT2D eigenvalue weighted by Gasteiger charge is 2.47. The van der Waals surface area contributed by atoms with Crippen LogP contribution in [-0.2, 0) is 28.0 Å². The highest BCUT2D eigenvalue weighted by molar-refractivity contribution is 5.90. The van der Waals surface area contributed by atoms with Crippen LogP contribution in [0.5, 0.6) is 0 Å². The lowest BCUT2D eigenvalue weighted by Crippen LogP contribution is -2.65. The molecule has 2 amide bonds. The molecule has 1 fully saturated rings. The minimum atomic E-state index is -1.17. The molecule has 1 atom stereocenters. The zero-order chi connectivity index (χ0) is 25.6. The highest BCUT2D eigenvalue weighted by atomic mass is 35.5. The number of aromatic nitrogens is 1. The summed E-state index contributed by atoms with van der Waals surface area (Å²) in [6.07, 6.45) is 3.29. The van der Waals surface area contributed by atoms with Gasteiger partial charge in [-0.3, -0.25) is 9.44 Å². The van der Waals surface area contributed by atoms with Gasteiger partial charge in [-0.1, -0.05) is 42.5 Å². The number of hydrogen-bond donors (Lipinski definition) is 4. The topological polar surface area (TPSA) is 123 Å². The number of nitrogens with zero attached hydrogens (tertiary/aromatic N) is 1. The number of fused-ring (bicyclic) bond motifs is 3. The number of likely N-dealkylation sites (tertiary alicyclic amines) is 1. The number of hydroxylamine groups is 3. The van der Waals surface area contributed by atoms with Crippen LogP contribution in [0.15, 0.2) is 54.7 Å². The van der Waals surface area contributed by atoms with Crippen molar-refractivity contribution in [1.29, 1.82) is 0 Å². The minimum absolute atomic E-state index is 0. The van der Waals surface area contributed by atoms with Gasteiger partial charge in [-0.25, -0.2) is 4.79 Å². The van der Waals surface area contributed by atoms with Crippen LogP contribution >= 0.6 is 12.4 Å². The quantitative estimate of drug-likeness (QED) is 0.301. The lowest BCUT2D eigenvalue weighted by molar-refractivity contribution is -0.812. The summed E-state index contributed by atoms with van der Waals surface area (Å²) in [6.45, 7) is 5.17. The largest absolute Gasteiger partial charge is 0.625 e. The molecule has 37 heavy (non-hydrogen) atoms. The molecule has 1 aromatic heterocycles. The van der Waals surface area contributed by atoms with Gasteiger partial charge in [0.25, 0.3) is 0 Å². The smallest absolute Gasteiger partial charge is 0.336 e. The van der Waals surface area contributed by atoms with Gasteiger partial charge in [0.05, 0.1) is 18.6 Å². The van der Waals surface area contributed by atoms with Crippen LogP contribution in [0.4, 0.5) is 0 Å². The van der Waals surface area contributed by atoms with Crippen LogP contribution in [0, 0.1) is 5.21 Å². The van der Waals surface area contributed by atoms with Crippen molar-refractivity contribution in [3.63, 3.8) is 0 Å². The van der Waals surface area contributed by atoms with Crippen molar-refractivity contribution >= 4 is 35.1 Å². The van der Waals surface area contributed by atoms with Crippen molar-refractivity contribution < 1.29 is 14.2 Å². The number of aromatic amines is 1. The molecule has 2 aliphatic heterocycles. The number of carbonyl (C=O) groups excluding carboxylic acids is 2. The van der Waals surface area contributed by atoms with Crippen LogP contribution in [0.1, 0.15) is 43.4 Å². The van der Waals surface area contributed by atoms with Gasteiger partial charge in [0.1, 0.15) is 6.04 Å². The molecule has 198 valence electrons. The van der Waals surface area contributed by atoms with Gasteiger partial charge in [-0.05, 0) is 36.6 Å². The number of piperidine rings is 1. The average molecular weight is 526 g/mol. The molecule has 9 heteroatoms. The Balaban J connectivity index is 0.00000320. The van der Waals surface area contributed by atoms with Gasteiger partial charge in [-0.2, -0.15) is 0 Å². The molecule has 0 bridgehead atoms. The molecule has 0 saturated carbocycles. The Morgan fingerprint density at radius 1 is 1.14 bits per heavy atom. The Kier molecular flexibility index (Phi) is 7.52. The highest BCUT2D eigenvalue weighted by Crippen LogP contribution is 2.41.